The van der Waals surface area contributed by atoms with Crippen LogP contribution in [0.15, 0.2) is 30.3 Å². The number of hydrogen-bond acceptors (Lipinski definition) is 8. The van der Waals surface area contributed by atoms with E-state index in [-0.39, 0.29) is 24.1 Å². The van der Waals surface area contributed by atoms with Crippen LogP contribution in [0.5, 0.6) is 5.75 Å². The van der Waals surface area contributed by atoms with Crippen molar-refractivity contribution in [3.8, 4) is 5.75 Å². The fraction of sp³-hybridized carbons (Fsp3) is 0.606. The predicted molar refractivity (Wildman–Crippen MR) is 173 cm³/mol. The smallest absolute Gasteiger partial charge is 0.410 e. The minimum atomic E-state index is -0.470. The molecule has 3 fully saturated rings. The summed E-state index contributed by atoms with van der Waals surface area (Å²) in [6.45, 7) is 18.8. The number of piperazine rings is 1. The second-order valence-electron chi connectivity index (χ2n) is 13.3. The highest BCUT2D eigenvalue weighted by Crippen LogP contribution is 2.31. The van der Waals surface area contributed by atoms with E-state index in [9.17, 15) is 9.59 Å². The first kappa shape index (κ1) is 32.8. The molecule has 1 aliphatic carbocycles. The number of carbonyl (C=O) groups is 2. The van der Waals surface area contributed by atoms with Crippen LogP contribution in [-0.4, -0.2) is 95.6 Å². The Labute approximate surface area is 271 Å². The maximum atomic E-state index is 12.9. The number of rotatable bonds is 7. The molecule has 1 saturated carbocycles. The minimum absolute atomic E-state index is 0.0469. The van der Waals surface area contributed by atoms with Crippen molar-refractivity contribution < 1.29 is 19.1 Å². The normalized spacial score (nSPS) is 21.6. The van der Waals surface area contributed by atoms with Gasteiger partial charge in [-0.2, -0.15) is 0 Å². The van der Waals surface area contributed by atoms with E-state index in [4.69, 9.17) is 27.6 Å². The number of carbonyl (C=O) groups excluding carboxylic acids is 2. The standard InChI is InChI=1S/C33H44ClN7O4/c1-33(2,3)45-32(43)41-19-17-39(18-20-41)22-23-13-15-40(16-14-23)30-12-11-29(37-38-30)31(42)36-24-5-7-25(8-6-24)44-26-9-10-28(35-4)27(34)21-26/h9-12,21,23-25H,5-8,13-20,22H2,1-3H3,(H,36,42). The Balaban J connectivity index is 0.999. The van der Waals surface area contributed by atoms with E-state index in [0.29, 0.717) is 41.2 Å². The van der Waals surface area contributed by atoms with Crippen LogP contribution < -0.4 is 15.0 Å². The molecule has 2 amide bonds. The van der Waals surface area contributed by atoms with Gasteiger partial charge in [-0.25, -0.2) is 9.64 Å². The number of ether oxygens (including phenoxy) is 2. The van der Waals surface area contributed by atoms with Crippen molar-refractivity contribution in [1.29, 1.82) is 0 Å². The van der Waals surface area contributed by atoms with Gasteiger partial charge in [0.2, 0.25) is 5.69 Å². The average Bonchev–Trinajstić information content (AvgIpc) is 3.02. The van der Waals surface area contributed by atoms with Crippen molar-refractivity contribution >= 4 is 35.1 Å². The quantitative estimate of drug-likeness (QED) is 0.393. The van der Waals surface area contributed by atoms with Crippen LogP contribution in [0.1, 0.15) is 69.8 Å². The Morgan fingerprint density at radius 3 is 2.29 bits per heavy atom. The van der Waals surface area contributed by atoms with Crippen molar-refractivity contribution in [2.75, 3.05) is 50.7 Å². The zero-order valence-electron chi connectivity index (χ0n) is 26.5. The van der Waals surface area contributed by atoms with E-state index >= 15 is 0 Å². The SMILES string of the molecule is [C-]#[N+]c1ccc(OC2CCC(NC(=O)c3ccc(N4CCC(CN5CCN(C(=O)OC(C)(C)C)CC5)CC4)nn3)CC2)cc1Cl. The third-order valence-electron chi connectivity index (χ3n) is 8.71. The zero-order chi connectivity index (χ0) is 32.0. The van der Waals surface area contributed by atoms with Gasteiger partial charge in [-0.15, -0.1) is 10.2 Å². The monoisotopic (exact) mass is 637 g/mol. The molecule has 12 heteroatoms. The Morgan fingerprint density at radius 1 is 0.978 bits per heavy atom. The van der Waals surface area contributed by atoms with E-state index in [1.54, 1.807) is 24.3 Å². The second kappa shape index (κ2) is 14.6. The largest absolute Gasteiger partial charge is 0.490 e. The highest BCUT2D eigenvalue weighted by Gasteiger charge is 2.29. The minimum Gasteiger partial charge on any atom is -0.490 e. The summed E-state index contributed by atoms with van der Waals surface area (Å²) in [5.74, 6) is 1.87. The Hall–Kier alpha value is -3.62. The number of nitrogens with one attached hydrogen (secondary N) is 1. The van der Waals surface area contributed by atoms with Gasteiger partial charge in [0.1, 0.15) is 11.4 Å². The first-order chi connectivity index (χ1) is 21.6. The molecule has 1 aromatic carbocycles. The fourth-order valence-electron chi connectivity index (χ4n) is 6.19. The number of nitrogens with zero attached hydrogens (tertiary/aromatic N) is 6. The van der Waals surface area contributed by atoms with Crippen LogP contribution in [0.25, 0.3) is 4.85 Å². The lowest BCUT2D eigenvalue weighted by molar-refractivity contribution is 0.0130. The fourth-order valence-corrected chi connectivity index (χ4v) is 6.41. The molecular weight excluding hydrogens is 594 g/mol. The molecule has 2 aromatic rings. The van der Waals surface area contributed by atoms with Gasteiger partial charge in [0.15, 0.2) is 11.5 Å². The molecule has 0 atom stereocenters. The van der Waals surface area contributed by atoms with E-state index in [1.165, 1.54) is 0 Å². The Kier molecular flexibility index (Phi) is 10.7. The topological polar surface area (TPSA) is 104 Å². The zero-order valence-corrected chi connectivity index (χ0v) is 27.3. The molecule has 1 aromatic heterocycles. The van der Waals surface area contributed by atoms with Gasteiger partial charge in [0, 0.05) is 51.9 Å². The van der Waals surface area contributed by atoms with Gasteiger partial charge < -0.3 is 24.6 Å². The molecule has 0 bridgehead atoms. The highest BCUT2D eigenvalue weighted by molar-refractivity contribution is 6.33. The average molecular weight is 638 g/mol. The van der Waals surface area contributed by atoms with Gasteiger partial charge in [-0.05, 0) is 89.5 Å². The third kappa shape index (κ3) is 9.21. The van der Waals surface area contributed by atoms with Gasteiger partial charge in [-0.1, -0.05) is 17.7 Å². The first-order valence-corrected chi connectivity index (χ1v) is 16.4. The van der Waals surface area contributed by atoms with Crippen LogP contribution in [0.4, 0.5) is 16.3 Å². The number of amides is 2. The summed E-state index contributed by atoms with van der Waals surface area (Å²) in [5.41, 5.74) is 0.269. The van der Waals surface area contributed by atoms with Crippen LogP contribution in [-0.2, 0) is 4.74 Å². The summed E-state index contributed by atoms with van der Waals surface area (Å²) >= 11 is 6.13. The van der Waals surface area contributed by atoms with E-state index in [0.717, 1.165) is 77.1 Å². The number of halogens is 1. The van der Waals surface area contributed by atoms with Crippen molar-refractivity contribution in [1.82, 2.24) is 25.3 Å². The van der Waals surface area contributed by atoms with Crippen LogP contribution in [0.2, 0.25) is 5.02 Å². The molecule has 45 heavy (non-hydrogen) atoms. The van der Waals surface area contributed by atoms with Crippen LogP contribution in [0, 0.1) is 12.5 Å². The van der Waals surface area contributed by atoms with Gasteiger partial charge in [0.25, 0.3) is 5.91 Å². The maximum Gasteiger partial charge on any atom is 0.410 e. The number of aromatic nitrogens is 2. The first-order valence-electron chi connectivity index (χ1n) is 16.0. The highest BCUT2D eigenvalue weighted by atomic mass is 35.5. The van der Waals surface area contributed by atoms with Gasteiger partial charge in [0.05, 0.1) is 17.7 Å². The summed E-state index contributed by atoms with van der Waals surface area (Å²) in [6, 6.07) is 8.85. The molecule has 0 spiro atoms. The summed E-state index contributed by atoms with van der Waals surface area (Å²) < 4.78 is 11.6. The molecule has 5 rings (SSSR count). The molecule has 0 radical (unpaired) electrons. The van der Waals surface area contributed by atoms with E-state index in [2.05, 4.69) is 30.2 Å². The summed E-state index contributed by atoms with van der Waals surface area (Å²) in [4.78, 5) is 35.1. The molecule has 2 aliphatic heterocycles. The number of piperidine rings is 1. The van der Waals surface area contributed by atoms with Crippen molar-refractivity contribution in [2.45, 2.75) is 77.0 Å². The van der Waals surface area contributed by atoms with Crippen molar-refractivity contribution in [3.63, 3.8) is 0 Å². The lowest BCUT2D eigenvalue weighted by Gasteiger charge is -2.39. The number of benzene rings is 1. The Morgan fingerprint density at radius 2 is 1.69 bits per heavy atom. The van der Waals surface area contributed by atoms with E-state index < -0.39 is 5.60 Å². The second-order valence-corrected chi connectivity index (χ2v) is 13.7. The molecular formula is C33H44ClN7O4. The predicted octanol–water partition coefficient (Wildman–Crippen LogP) is 5.57. The van der Waals surface area contributed by atoms with Gasteiger partial charge >= 0.3 is 6.09 Å². The van der Waals surface area contributed by atoms with Crippen molar-refractivity contribution in [3.05, 3.63) is 52.5 Å². The Bertz CT molecular complexity index is 1350. The summed E-state index contributed by atoms with van der Waals surface area (Å²) in [6.07, 6.45) is 5.22. The lowest BCUT2D eigenvalue weighted by Crippen LogP contribution is -2.51. The summed E-state index contributed by atoms with van der Waals surface area (Å²) in [7, 11) is 0. The van der Waals surface area contributed by atoms with Gasteiger partial charge in [-0.3, -0.25) is 9.69 Å². The third-order valence-corrected chi connectivity index (χ3v) is 9.02. The molecule has 2 saturated heterocycles. The molecule has 242 valence electrons. The molecule has 11 nitrogen and oxygen atoms in total. The molecule has 3 aliphatic rings. The van der Waals surface area contributed by atoms with E-state index in [1.807, 2.05) is 31.7 Å². The molecule has 0 unspecified atom stereocenters. The molecule has 3 heterocycles. The number of anilines is 1. The lowest BCUT2D eigenvalue weighted by atomic mass is 9.93. The maximum absolute atomic E-state index is 12.9. The van der Waals surface area contributed by atoms with Crippen molar-refractivity contribution in [2.24, 2.45) is 5.92 Å². The van der Waals surface area contributed by atoms with Crippen LogP contribution in [0.3, 0.4) is 0 Å². The number of hydrogen-bond donors (Lipinski definition) is 1. The summed E-state index contributed by atoms with van der Waals surface area (Å²) in [5, 5.41) is 12.1. The van der Waals surface area contributed by atoms with Crippen LogP contribution >= 0.6 is 11.6 Å². The molecule has 1 N–H and O–H groups in total.